The molecule has 0 atom stereocenters. The van der Waals surface area contributed by atoms with Crippen molar-refractivity contribution in [2.24, 2.45) is 0 Å². The molecule has 0 unspecified atom stereocenters. The van der Waals surface area contributed by atoms with Crippen LogP contribution >= 0.6 is 11.6 Å². The number of hydrogen-bond donors (Lipinski definition) is 2. The van der Waals surface area contributed by atoms with E-state index in [0.29, 0.717) is 41.7 Å². The zero-order valence-electron chi connectivity index (χ0n) is 19.3. The monoisotopic (exact) mass is 481 g/mol. The summed E-state index contributed by atoms with van der Waals surface area (Å²) in [6.45, 7) is 5.02. The fourth-order valence-corrected chi connectivity index (χ4v) is 3.70. The molecule has 0 fully saturated rings. The third kappa shape index (κ3) is 6.99. The number of unbranched alkanes of at least 4 members (excludes halogenated alkanes) is 1. The predicted octanol–water partition coefficient (Wildman–Crippen LogP) is 6.52. The summed E-state index contributed by atoms with van der Waals surface area (Å²) in [6, 6.07) is 18.3. The normalized spacial score (nSPS) is 10.6. The Morgan fingerprint density at radius 1 is 1.03 bits per heavy atom. The minimum Gasteiger partial charge on any atom is -0.493 e. The van der Waals surface area contributed by atoms with Crippen LogP contribution in [-0.4, -0.2) is 30.3 Å². The van der Waals surface area contributed by atoms with E-state index in [4.69, 9.17) is 26.2 Å². The molecule has 3 rings (SSSR count). The van der Waals surface area contributed by atoms with Crippen LogP contribution in [0.4, 0.5) is 4.79 Å². The third-order valence-electron chi connectivity index (χ3n) is 5.31. The summed E-state index contributed by atoms with van der Waals surface area (Å²) in [6.07, 6.45) is 1.26. The largest absolute Gasteiger partial charge is 0.511 e. The SMILES string of the molecule is CCCCOc1ccc(Cl)cc1C(=O)NCCc1ccc(-c2ccc(OC(=O)O)cc2C)cc1. The molecule has 0 radical (unpaired) electrons. The number of ether oxygens (including phenoxy) is 2. The molecule has 0 aliphatic carbocycles. The van der Waals surface area contributed by atoms with E-state index in [-0.39, 0.29) is 5.91 Å². The van der Waals surface area contributed by atoms with Gasteiger partial charge in [0, 0.05) is 11.6 Å². The molecule has 6 nitrogen and oxygen atoms in total. The van der Waals surface area contributed by atoms with Crippen LogP contribution in [0.3, 0.4) is 0 Å². The number of halogens is 1. The molecule has 0 bridgehead atoms. The number of carbonyl (C=O) groups is 2. The van der Waals surface area contributed by atoms with E-state index in [1.165, 1.54) is 0 Å². The van der Waals surface area contributed by atoms with Gasteiger partial charge < -0.3 is 19.9 Å². The summed E-state index contributed by atoms with van der Waals surface area (Å²) in [5.74, 6) is 0.611. The van der Waals surface area contributed by atoms with E-state index in [1.54, 1.807) is 30.3 Å². The lowest BCUT2D eigenvalue weighted by molar-refractivity contribution is 0.0949. The van der Waals surface area contributed by atoms with Crippen molar-refractivity contribution in [3.8, 4) is 22.6 Å². The van der Waals surface area contributed by atoms with Crippen LogP contribution in [0.5, 0.6) is 11.5 Å². The predicted molar refractivity (Wildman–Crippen MR) is 133 cm³/mol. The summed E-state index contributed by atoms with van der Waals surface area (Å²) >= 11 is 6.09. The van der Waals surface area contributed by atoms with Gasteiger partial charge in [-0.2, -0.15) is 0 Å². The van der Waals surface area contributed by atoms with Crippen LogP contribution in [0.1, 0.15) is 41.3 Å². The lowest BCUT2D eigenvalue weighted by Crippen LogP contribution is -2.26. The second kappa shape index (κ2) is 12.1. The molecular formula is C27H28ClNO5. The second-order valence-corrected chi connectivity index (χ2v) is 8.33. The molecular weight excluding hydrogens is 454 g/mol. The molecule has 0 aliphatic heterocycles. The minimum atomic E-state index is -1.33. The standard InChI is InChI=1S/C27H28ClNO5/c1-3-4-15-33-25-12-9-21(28)17-24(25)26(30)29-14-13-19-5-7-20(8-6-19)23-11-10-22(16-18(23)2)34-27(31)32/h5-12,16-17H,3-4,13-15H2,1-2H3,(H,29,30)(H,31,32). The Kier molecular flexibility index (Phi) is 8.93. The van der Waals surface area contributed by atoms with Crippen molar-refractivity contribution < 1.29 is 24.2 Å². The summed E-state index contributed by atoms with van der Waals surface area (Å²) in [5.41, 5.74) is 4.44. The molecule has 7 heteroatoms. The van der Waals surface area contributed by atoms with Crippen molar-refractivity contribution in [2.75, 3.05) is 13.2 Å². The van der Waals surface area contributed by atoms with Crippen LogP contribution in [0, 0.1) is 6.92 Å². The Bertz CT molecular complexity index is 1140. The van der Waals surface area contributed by atoms with Crippen LogP contribution in [0.2, 0.25) is 5.02 Å². The number of carbonyl (C=O) groups excluding carboxylic acids is 1. The number of nitrogens with one attached hydrogen (secondary N) is 1. The zero-order valence-corrected chi connectivity index (χ0v) is 20.0. The minimum absolute atomic E-state index is 0.218. The molecule has 0 aliphatic rings. The first-order chi connectivity index (χ1) is 16.4. The zero-order chi connectivity index (χ0) is 24.5. The van der Waals surface area contributed by atoms with Crippen molar-refractivity contribution in [1.29, 1.82) is 0 Å². The highest BCUT2D eigenvalue weighted by Crippen LogP contribution is 2.27. The Labute approximate surface area is 204 Å². The Balaban J connectivity index is 1.59. The highest BCUT2D eigenvalue weighted by Gasteiger charge is 2.13. The molecule has 0 aromatic heterocycles. The first-order valence-corrected chi connectivity index (χ1v) is 11.6. The van der Waals surface area contributed by atoms with Crippen LogP contribution < -0.4 is 14.8 Å². The summed E-state index contributed by atoms with van der Waals surface area (Å²) in [5, 5.41) is 12.2. The Morgan fingerprint density at radius 3 is 2.47 bits per heavy atom. The molecule has 3 aromatic carbocycles. The van der Waals surface area contributed by atoms with Gasteiger partial charge >= 0.3 is 6.16 Å². The molecule has 3 aromatic rings. The average Bonchev–Trinajstić information content (AvgIpc) is 2.80. The number of carboxylic acid groups (broad SMARTS) is 1. The van der Waals surface area contributed by atoms with Gasteiger partial charge in [0.15, 0.2) is 0 Å². The molecule has 34 heavy (non-hydrogen) atoms. The molecule has 0 saturated carbocycles. The molecule has 178 valence electrons. The summed E-state index contributed by atoms with van der Waals surface area (Å²) in [4.78, 5) is 23.4. The lowest BCUT2D eigenvalue weighted by Gasteiger charge is -2.12. The van der Waals surface area contributed by atoms with E-state index < -0.39 is 6.16 Å². The van der Waals surface area contributed by atoms with Gasteiger partial charge in [0.1, 0.15) is 11.5 Å². The van der Waals surface area contributed by atoms with Crippen molar-refractivity contribution in [2.45, 2.75) is 33.1 Å². The number of aryl methyl sites for hydroxylation is 1. The number of hydrogen-bond acceptors (Lipinski definition) is 4. The van der Waals surface area contributed by atoms with Gasteiger partial charge in [0.2, 0.25) is 0 Å². The first kappa shape index (κ1) is 25.1. The van der Waals surface area contributed by atoms with Gasteiger partial charge in [-0.1, -0.05) is 55.3 Å². The summed E-state index contributed by atoms with van der Waals surface area (Å²) < 4.78 is 10.5. The van der Waals surface area contributed by atoms with E-state index in [9.17, 15) is 9.59 Å². The average molecular weight is 482 g/mol. The maximum atomic E-state index is 12.7. The fourth-order valence-electron chi connectivity index (χ4n) is 3.52. The van der Waals surface area contributed by atoms with Gasteiger partial charge in [-0.3, -0.25) is 4.79 Å². The first-order valence-electron chi connectivity index (χ1n) is 11.2. The fraction of sp³-hybridized carbons (Fsp3) is 0.259. The Hall–Kier alpha value is -3.51. The van der Waals surface area contributed by atoms with E-state index in [1.807, 2.05) is 37.3 Å². The maximum Gasteiger partial charge on any atom is 0.511 e. The molecule has 0 spiro atoms. The molecule has 2 N–H and O–H groups in total. The van der Waals surface area contributed by atoms with Gasteiger partial charge in [-0.05, 0) is 72.4 Å². The maximum absolute atomic E-state index is 12.7. The summed E-state index contributed by atoms with van der Waals surface area (Å²) in [7, 11) is 0. The smallest absolute Gasteiger partial charge is 0.493 e. The number of amides is 1. The highest BCUT2D eigenvalue weighted by atomic mass is 35.5. The second-order valence-electron chi connectivity index (χ2n) is 7.89. The molecule has 0 saturated heterocycles. The lowest BCUT2D eigenvalue weighted by atomic mass is 9.98. The quantitative estimate of drug-likeness (QED) is 0.195. The molecule has 1 amide bonds. The number of benzene rings is 3. The van der Waals surface area contributed by atoms with Crippen molar-refractivity contribution >= 4 is 23.7 Å². The van der Waals surface area contributed by atoms with Crippen molar-refractivity contribution in [1.82, 2.24) is 5.32 Å². The third-order valence-corrected chi connectivity index (χ3v) is 5.54. The van der Waals surface area contributed by atoms with Crippen molar-refractivity contribution in [3.05, 3.63) is 82.4 Å². The van der Waals surface area contributed by atoms with Crippen molar-refractivity contribution in [3.63, 3.8) is 0 Å². The van der Waals surface area contributed by atoms with E-state index in [0.717, 1.165) is 35.1 Å². The van der Waals surface area contributed by atoms with Crippen LogP contribution in [-0.2, 0) is 6.42 Å². The van der Waals surface area contributed by atoms with Gasteiger partial charge in [0.25, 0.3) is 5.91 Å². The van der Waals surface area contributed by atoms with Crippen LogP contribution in [0.15, 0.2) is 60.7 Å². The topological polar surface area (TPSA) is 84.9 Å². The van der Waals surface area contributed by atoms with Gasteiger partial charge in [-0.25, -0.2) is 4.79 Å². The molecule has 0 heterocycles. The highest BCUT2D eigenvalue weighted by molar-refractivity contribution is 6.31. The van der Waals surface area contributed by atoms with E-state index in [2.05, 4.69) is 12.2 Å². The van der Waals surface area contributed by atoms with Gasteiger partial charge in [0.05, 0.1) is 12.2 Å². The van der Waals surface area contributed by atoms with E-state index >= 15 is 0 Å². The Morgan fingerprint density at radius 2 is 1.79 bits per heavy atom. The van der Waals surface area contributed by atoms with Gasteiger partial charge in [-0.15, -0.1) is 0 Å². The van der Waals surface area contributed by atoms with Crippen LogP contribution in [0.25, 0.3) is 11.1 Å². The number of rotatable bonds is 10.